The molecule has 2 amide bonds. The average molecular weight is 388 g/mol. The summed E-state index contributed by atoms with van der Waals surface area (Å²) in [7, 11) is 0. The highest BCUT2D eigenvalue weighted by atomic mass is 16.2. The highest BCUT2D eigenvalue weighted by Crippen LogP contribution is 2.36. The summed E-state index contributed by atoms with van der Waals surface area (Å²) in [5.41, 5.74) is 3.50. The minimum atomic E-state index is -0.514. The van der Waals surface area contributed by atoms with Gasteiger partial charge in [-0.05, 0) is 36.6 Å². The molecular weight excluding hydrogens is 364 g/mol. The average Bonchev–Trinajstić information content (AvgIpc) is 3.11. The Hall–Kier alpha value is -3.15. The second kappa shape index (κ2) is 7.35. The molecule has 1 saturated carbocycles. The first kappa shape index (κ1) is 17.9. The van der Waals surface area contributed by atoms with Crippen LogP contribution in [0.3, 0.4) is 0 Å². The Labute approximate surface area is 169 Å². The van der Waals surface area contributed by atoms with Gasteiger partial charge in [-0.25, -0.2) is 4.98 Å². The summed E-state index contributed by atoms with van der Waals surface area (Å²) in [6.07, 6.45) is 5.99. The van der Waals surface area contributed by atoms with Gasteiger partial charge >= 0.3 is 0 Å². The Morgan fingerprint density at radius 3 is 2.66 bits per heavy atom. The van der Waals surface area contributed by atoms with Crippen molar-refractivity contribution in [1.82, 2.24) is 9.55 Å². The molecule has 2 aromatic carbocycles. The third kappa shape index (κ3) is 3.28. The second-order valence-corrected chi connectivity index (χ2v) is 7.97. The number of nitrogens with zero attached hydrogens (tertiary/aromatic N) is 2. The van der Waals surface area contributed by atoms with Gasteiger partial charge in [-0.3, -0.25) is 14.9 Å². The van der Waals surface area contributed by atoms with Crippen LogP contribution in [0.4, 0.5) is 11.6 Å². The lowest BCUT2D eigenvalue weighted by molar-refractivity contribution is -0.123. The van der Waals surface area contributed by atoms with Crippen molar-refractivity contribution in [3.8, 4) is 0 Å². The molecule has 1 aliphatic heterocycles. The van der Waals surface area contributed by atoms with Crippen molar-refractivity contribution in [2.45, 2.75) is 50.5 Å². The molecule has 2 N–H and O–H groups in total. The van der Waals surface area contributed by atoms with E-state index in [0.29, 0.717) is 17.7 Å². The molecule has 1 aromatic heterocycles. The van der Waals surface area contributed by atoms with Crippen molar-refractivity contribution < 1.29 is 9.59 Å². The van der Waals surface area contributed by atoms with Crippen molar-refractivity contribution in [2.24, 2.45) is 0 Å². The number of benzene rings is 2. The maximum absolute atomic E-state index is 13.2. The molecule has 0 bridgehead atoms. The Kier molecular flexibility index (Phi) is 4.54. The van der Waals surface area contributed by atoms with Gasteiger partial charge in [0.25, 0.3) is 0 Å². The van der Waals surface area contributed by atoms with Crippen LogP contribution in [-0.4, -0.2) is 21.4 Å². The van der Waals surface area contributed by atoms with Crippen LogP contribution in [0.5, 0.6) is 0 Å². The molecule has 1 fully saturated rings. The fraction of sp³-hybridized carbons (Fsp3) is 0.348. The van der Waals surface area contributed by atoms with Gasteiger partial charge in [0.1, 0.15) is 0 Å². The van der Waals surface area contributed by atoms with Crippen molar-refractivity contribution in [3.63, 3.8) is 0 Å². The van der Waals surface area contributed by atoms with Crippen LogP contribution >= 0.6 is 0 Å². The first-order chi connectivity index (χ1) is 14.2. The standard InChI is InChI=1S/C23H24N4O2/c28-21-14-17(16-10-4-5-11-18(16)24-21)22(29)26-23-25-19-12-6-7-13-20(19)27(23)15-8-2-1-3-9-15/h4-7,10-13,15,17H,1-3,8-9,14H2,(H,24,28)(H,25,26,29). The number of hydrogen-bond acceptors (Lipinski definition) is 3. The lowest BCUT2D eigenvalue weighted by Gasteiger charge is -2.27. The van der Waals surface area contributed by atoms with E-state index in [-0.39, 0.29) is 18.2 Å². The number of hydrogen-bond donors (Lipinski definition) is 2. The Balaban J connectivity index is 1.50. The molecule has 1 atom stereocenters. The first-order valence-corrected chi connectivity index (χ1v) is 10.4. The zero-order chi connectivity index (χ0) is 19.8. The summed E-state index contributed by atoms with van der Waals surface area (Å²) in [5, 5.41) is 5.91. The number of para-hydroxylation sites is 3. The minimum Gasteiger partial charge on any atom is -0.326 e. The molecule has 3 aromatic rings. The smallest absolute Gasteiger partial charge is 0.234 e. The SMILES string of the molecule is O=C1CC(C(=O)Nc2nc3ccccc3n2C2CCCCC2)c2ccccc2N1. The number of carbonyl (C=O) groups is 2. The van der Waals surface area contributed by atoms with E-state index in [0.717, 1.165) is 29.4 Å². The van der Waals surface area contributed by atoms with Gasteiger partial charge in [0.15, 0.2) is 0 Å². The Bertz CT molecular complexity index is 1080. The van der Waals surface area contributed by atoms with Gasteiger partial charge < -0.3 is 9.88 Å². The molecular formula is C23H24N4O2. The van der Waals surface area contributed by atoms with E-state index < -0.39 is 5.92 Å². The minimum absolute atomic E-state index is 0.135. The van der Waals surface area contributed by atoms with Crippen molar-refractivity contribution in [1.29, 1.82) is 0 Å². The summed E-state index contributed by atoms with van der Waals surface area (Å²) in [6, 6.07) is 15.9. The number of anilines is 2. The summed E-state index contributed by atoms with van der Waals surface area (Å²) >= 11 is 0. The lowest BCUT2D eigenvalue weighted by atomic mass is 9.90. The van der Waals surface area contributed by atoms with E-state index in [9.17, 15) is 9.59 Å². The van der Waals surface area contributed by atoms with Crippen LogP contribution in [0.25, 0.3) is 11.0 Å². The van der Waals surface area contributed by atoms with E-state index >= 15 is 0 Å². The molecule has 148 valence electrons. The van der Waals surface area contributed by atoms with E-state index in [2.05, 4.69) is 21.3 Å². The van der Waals surface area contributed by atoms with Gasteiger partial charge in [-0.15, -0.1) is 0 Å². The zero-order valence-electron chi connectivity index (χ0n) is 16.2. The number of nitrogens with one attached hydrogen (secondary N) is 2. The van der Waals surface area contributed by atoms with Crippen LogP contribution in [-0.2, 0) is 9.59 Å². The van der Waals surface area contributed by atoms with Crippen LogP contribution in [0, 0.1) is 0 Å². The van der Waals surface area contributed by atoms with Crippen LogP contribution < -0.4 is 10.6 Å². The van der Waals surface area contributed by atoms with Crippen LogP contribution in [0.15, 0.2) is 48.5 Å². The fourth-order valence-corrected chi connectivity index (χ4v) is 4.68. The molecule has 0 saturated heterocycles. The predicted molar refractivity (Wildman–Crippen MR) is 113 cm³/mol. The van der Waals surface area contributed by atoms with E-state index in [1.54, 1.807) is 0 Å². The Morgan fingerprint density at radius 2 is 1.79 bits per heavy atom. The maximum atomic E-state index is 13.2. The number of fused-ring (bicyclic) bond motifs is 2. The van der Waals surface area contributed by atoms with Crippen molar-refractivity contribution in [2.75, 3.05) is 10.6 Å². The molecule has 1 unspecified atom stereocenters. The summed E-state index contributed by atoms with van der Waals surface area (Å²) in [4.78, 5) is 30.1. The highest BCUT2D eigenvalue weighted by molar-refractivity contribution is 6.05. The zero-order valence-corrected chi connectivity index (χ0v) is 16.2. The number of aromatic nitrogens is 2. The highest BCUT2D eigenvalue weighted by Gasteiger charge is 2.32. The third-order valence-electron chi connectivity index (χ3n) is 6.09. The predicted octanol–water partition coefficient (Wildman–Crippen LogP) is 4.61. The summed E-state index contributed by atoms with van der Waals surface area (Å²) in [5.74, 6) is -0.240. The van der Waals surface area contributed by atoms with E-state index in [4.69, 9.17) is 4.98 Å². The molecule has 2 heterocycles. The quantitative estimate of drug-likeness (QED) is 0.688. The van der Waals surface area contributed by atoms with Gasteiger partial charge in [0, 0.05) is 18.2 Å². The fourth-order valence-electron chi connectivity index (χ4n) is 4.68. The van der Waals surface area contributed by atoms with E-state index in [1.807, 2.05) is 42.5 Å². The third-order valence-corrected chi connectivity index (χ3v) is 6.09. The monoisotopic (exact) mass is 388 g/mol. The number of rotatable bonds is 3. The van der Waals surface area contributed by atoms with Gasteiger partial charge in [-0.1, -0.05) is 49.6 Å². The lowest BCUT2D eigenvalue weighted by Crippen LogP contribution is -2.31. The number of amides is 2. The number of imidazole rings is 1. The van der Waals surface area contributed by atoms with Crippen LogP contribution in [0.1, 0.15) is 56.0 Å². The molecule has 29 heavy (non-hydrogen) atoms. The second-order valence-electron chi connectivity index (χ2n) is 7.97. The van der Waals surface area contributed by atoms with Crippen LogP contribution in [0.2, 0.25) is 0 Å². The summed E-state index contributed by atoms with van der Waals surface area (Å²) in [6.45, 7) is 0. The van der Waals surface area contributed by atoms with Gasteiger partial charge in [0.2, 0.25) is 17.8 Å². The van der Waals surface area contributed by atoms with Gasteiger partial charge in [0.05, 0.1) is 17.0 Å². The topological polar surface area (TPSA) is 76.0 Å². The normalized spacial score (nSPS) is 19.6. The molecule has 2 aliphatic rings. The maximum Gasteiger partial charge on any atom is 0.234 e. The molecule has 6 nitrogen and oxygen atoms in total. The van der Waals surface area contributed by atoms with Crippen molar-refractivity contribution >= 4 is 34.5 Å². The first-order valence-electron chi connectivity index (χ1n) is 10.4. The van der Waals surface area contributed by atoms with Gasteiger partial charge in [-0.2, -0.15) is 0 Å². The largest absolute Gasteiger partial charge is 0.326 e. The van der Waals surface area contributed by atoms with Crippen molar-refractivity contribution in [3.05, 3.63) is 54.1 Å². The summed E-state index contributed by atoms with van der Waals surface area (Å²) < 4.78 is 2.20. The Morgan fingerprint density at radius 1 is 1.03 bits per heavy atom. The van der Waals surface area contributed by atoms with E-state index in [1.165, 1.54) is 19.3 Å². The molecule has 0 spiro atoms. The molecule has 0 radical (unpaired) electrons. The molecule has 1 aliphatic carbocycles. The number of carbonyl (C=O) groups excluding carboxylic acids is 2. The molecule has 6 heteroatoms. The molecule has 5 rings (SSSR count).